The molecular weight excluding hydrogens is 490 g/mol. The number of nitrogens with zero attached hydrogens (tertiary/aromatic N) is 1. The van der Waals surface area contributed by atoms with Crippen LogP contribution in [0, 0.1) is 0 Å². The zero-order valence-corrected chi connectivity index (χ0v) is 20.5. The van der Waals surface area contributed by atoms with Crippen LogP contribution < -0.4 is 9.47 Å². The van der Waals surface area contributed by atoms with Crippen molar-refractivity contribution < 1.29 is 53.8 Å². The normalized spacial score (nSPS) is 31.7. The molecule has 5 rings (SSSR count). The molecule has 0 unspecified atom stereocenters. The molecular formula is C25H29NO11. The van der Waals surface area contributed by atoms with E-state index in [0.29, 0.717) is 30.9 Å². The number of methoxy groups -OCH3 is 1. The number of esters is 2. The average Bonchev–Trinajstić information content (AvgIpc) is 3.22. The van der Waals surface area contributed by atoms with Gasteiger partial charge in [-0.15, -0.1) is 0 Å². The molecule has 0 radical (unpaired) electrons. The molecule has 0 aromatic heterocycles. The molecule has 1 fully saturated rings. The van der Waals surface area contributed by atoms with Crippen molar-refractivity contribution in [3.05, 3.63) is 35.1 Å². The van der Waals surface area contributed by atoms with E-state index in [4.69, 9.17) is 19.3 Å². The Morgan fingerprint density at radius 3 is 2.57 bits per heavy atom. The van der Waals surface area contributed by atoms with E-state index in [1.165, 1.54) is 13.2 Å². The molecule has 2 aliphatic carbocycles. The SMILES string of the molecule is COc1ccc2c3c1O[C@H]1C(OC(=O)[C@H](O)[C@@H](O)C(=O)O[C@@H](C)C(=O)O)=CC[C@@]4(O)[C@H](C2)N(C)CC[C@]314. The second-order valence-corrected chi connectivity index (χ2v) is 10.0. The number of ether oxygens (including phenoxy) is 4. The quantitative estimate of drug-likeness (QED) is 0.333. The maximum Gasteiger partial charge on any atom is 0.344 e. The first-order chi connectivity index (χ1) is 17.5. The van der Waals surface area contributed by atoms with Gasteiger partial charge in [0.1, 0.15) is 5.76 Å². The molecule has 37 heavy (non-hydrogen) atoms. The molecule has 200 valence electrons. The van der Waals surface area contributed by atoms with Crippen molar-refractivity contribution in [2.75, 3.05) is 20.7 Å². The Morgan fingerprint density at radius 1 is 1.19 bits per heavy atom. The Balaban J connectivity index is 1.46. The number of carbonyl (C=O) groups is 3. The number of aliphatic hydroxyl groups is 3. The smallest absolute Gasteiger partial charge is 0.344 e. The van der Waals surface area contributed by atoms with Gasteiger partial charge in [-0.1, -0.05) is 6.07 Å². The molecule has 1 aromatic rings. The number of benzene rings is 1. The van der Waals surface area contributed by atoms with Crippen LogP contribution in [0.4, 0.5) is 0 Å². The van der Waals surface area contributed by atoms with E-state index in [1.807, 2.05) is 13.1 Å². The molecule has 7 atom stereocenters. The number of likely N-dealkylation sites (N-methyl/N-ethyl adjacent to an activating group) is 1. The van der Waals surface area contributed by atoms with Crippen molar-refractivity contribution in [1.82, 2.24) is 4.90 Å². The lowest BCUT2D eigenvalue weighted by atomic mass is 9.50. The van der Waals surface area contributed by atoms with Gasteiger partial charge in [-0.25, -0.2) is 14.4 Å². The summed E-state index contributed by atoms with van der Waals surface area (Å²) in [5, 5.41) is 41.4. The summed E-state index contributed by atoms with van der Waals surface area (Å²) in [6.07, 6.45) is -4.49. The summed E-state index contributed by atoms with van der Waals surface area (Å²) in [6, 6.07) is 3.53. The fourth-order valence-electron chi connectivity index (χ4n) is 6.32. The van der Waals surface area contributed by atoms with Crippen molar-refractivity contribution in [2.24, 2.45) is 0 Å². The van der Waals surface area contributed by atoms with E-state index in [-0.39, 0.29) is 18.2 Å². The van der Waals surface area contributed by atoms with Crippen molar-refractivity contribution in [2.45, 2.75) is 67.7 Å². The highest BCUT2D eigenvalue weighted by Crippen LogP contribution is 2.65. The summed E-state index contributed by atoms with van der Waals surface area (Å²) in [7, 11) is 3.46. The summed E-state index contributed by atoms with van der Waals surface area (Å²) < 4.78 is 21.8. The summed E-state index contributed by atoms with van der Waals surface area (Å²) >= 11 is 0. The third-order valence-electron chi connectivity index (χ3n) is 8.20. The van der Waals surface area contributed by atoms with Gasteiger partial charge in [-0.3, -0.25) is 0 Å². The number of aliphatic hydroxyl groups excluding tert-OH is 2. The van der Waals surface area contributed by atoms with E-state index >= 15 is 0 Å². The van der Waals surface area contributed by atoms with Gasteiger partial charge in [0.2, 0.25) is 0 Å². The number of rotatable bonds is 7. The molecule has 1 aromatic carbocycles. The predicted molar refractivity (Wildman–Crippen MR) is 123 cm³/mol. The Hall–Kier alpha value is -3.19. The number of likely N-dealkylation sites (tertiary alicyclic amines) is 1. The molecule has 4 N–H and O–H groups in total. The van der Waals surface area contributed by atoms with Crippen molar-refractivity contribution in [3.8, 4) is 11.5 Å². The largest absolute Gasteiger partial charge is 0.493 e. The lowest BCUT2D eigenvalue weighted by molar-refractivity contribution is -0.182. The van der Waals surface area contributed by atoms with E-state index in [9.17, 15) is 29.7 Å². The van der Waals surface area contributed by atoms with Crippen molar-refractivity contribution in [1.29, 1.82) is 0 Å². The van der Waals surface area contributed by atoms with Crippen LogP contribution in [0.5, 0.6) is 11.5 Å². The van der Waals surface area contributed by atoms with Crippen LogP contribution in [0.2, 0.25) is 0 Å². The second kappa shape index (κ2) is 8.69. The monoisotopic (exact) mass is 519 g/mol. The fourth-order valence-corrected chi connectivity index (χ4v) is 6.32. The Labute approximate surface area is 212 Å². The minimum Gasteiger partial charge on any atom is -0.493 e. The van der Waals surface area contributed by atoms with Gasteiger partial charge < -0.3 is 44.3 Å². The summed E-state index contributed by atoms with van der Waals surface area (Å²) in [4.78, 5) is 37.8. The summed E-state index contributed by atoms with van der Waals surface area (Å²) in [6.45, 7) is 1.71. The Bertz CT molecular complexity index is 1200. The van der Waals surface area contributed by atoms with Crippen LogP contribution in [0.3, 0.4) is 0 Å². The molecule has 2 bridgehead atoms. The number of carboxylic acids is 1. The van der Waals surface area contributed by atoms with Gasteiger partial charge in [0.05, 0.1) is 18.1 Å². The number of aliphatic carboxylic acids is 1. The first-order valence-corrected chi connectivity index (χ1v) is 12.0. The maximum atomic E-state index is 12.8. The van der Waals surface area contributed by atoms with Crippen LogP contribution in [-0.4, -0.2) is 100.0 Å². The van der Waals surface area contributed by atoms with E-state index < -0.39 is 53.3 Å². The number of piperidine rings is 1. The molecule has 12 heteroatoms. The summed E-state index contributed by atoms with van der Waals surface area (Å²) in [5.74, 6) is -3.35. The highest BCUT2D eigenvalue weighted by Gasteiger charge is 2.72. The number of hydrogen-bond acceptors (Lipinski definition) is 11. The molecule has 1 spiro atoms. The highest BCUT2D eigenvalue weighted by atomic mass is 16.6. The third kappa shape index (κ3) is 3.46. The van der Waals surface area contributed by atoms with Gasteiger partial charge in [0.15, 0.2) is 35.9 Å². The lowest BCUT2D eigenvalue weighted by Crippen LogP contribution is -2.74. The zero-order chi connectivity index (χ0) is 26.9. The minimum atomic E-state index is -2.37. The van der Waals surface area contributed by atoms with E-state index in [1.54, 1.807) is 6.07 Å². The van der Waals surface area contributed by atoms with Gasteiger partial charge in [0.25, 0.3) is 0 Å². The topological polar surface area (TPSA) is 172 Å². The maximum absolute atomic E-state index is 12.8. The average molecular weight is 520 g/mol. The molecule has 2 heterocycles. The standard InChI is InChI=1S/C25H29NO11/c1-11(21(29)30)35-22(31)17(27)18(28)23(32)36-14-6-7-25(33)15-10-12-4-5-13(34-3)19-16(12)24(25,20(14)37-19)8-9-26(15)2/h4-6,11,15,17-18,20,27-28,33H,7-10H2,1-3H3,(H,29,30)/t11-,15-,17+,18+,20-,24-,25+/m0/s1. The number of hydrogen-bond donors (Lipinski definition) is 4. The van der Waals surface area contributed by atoms with Gasteiger partial charge >= 0.3 is 17.9 Å². The van der Waals surface area contributed by atoms with Crippen LogP contribution in [-0.2, 0) is 35.7 Å². The highest BCUT2D eigenvalue weighted by molar-refractivity contribution is 5.87. The van der Waals surface area contributed by atoms with Crippen molar-refractivity contribution >= 4 is 17.9 Å². The molecule has 1 saturated heterocycles. The molecule has 0 saturated carbocycles. The lowest BCUT2D eigenvalue weighted by Gasteiger charge is -2.61. The molecule has 12 nitrogen and oxygen atoms in total. The third-order valence-corrected chi connectivity index (χ3v) is 8.20. The predicted octanol–water partition coefficient (Wildman–Crippen LogP) is -0.746. The molecule has 0 amide bonds. The van der Waals surface area contributed by atoms with Gasteiger partial charge in [-0.05, 0) is 51.1 Å². The zero-order valence-electron chi connectivity index (χ0n) is 20.5. The van der Waals surface area contributed by atoms with E-state index in [0.717, 1.165) is 18.1 Å². The first kappa shape index (κ1) is 25.5. The van der Waals surface area contributed by atoms with E-state index in [2.05, 4.69) is 9.64 Å². The minimum absolute atomic E-state index is 0.0302. The van der Waals surface area contributed by atoms with Crippen LogP contribution in [0.1, 0.15) is 30.9 Å². The molecule has 4 aliphatic rings. The van der Waals surface area contributed by atoms with Crippen LogP contribution in [0.15, 0.2) is 24.0 Å². The van der Waals surface area contributed by atoms with Gasteiger partial charge in [0, 0.05) is 18.0 Å². The van der Waals surface area contributed by atoms with Crippen LogP contribution >= 0.6 is 0 Å². The Morgan fingerprint density at radius 2 is 1.89 bits per heavy atom. The van der Waals surface area contributed by atoms with Gasteiger partial charge in [-0.2, -0.15) is 0 Å². The first-order valence-electron chi connectivity index (χ1n) is 12.0. The summed E-state index contributed by atoms with van der Waals surface area (Å²) in [5.41, 5.74) is -0.374. The second-order valence-electron chi connectivity index (χ2n) is 10.0. The number of carbonyl (C=O) groups excluding carboxylic acids is 2. The fraction of sp³-hybridized carbons (Fsp3) is 0.560. The van der Waals surface area contributed by atoms with Crippen molar-refractivity contribution in [3.63, 3.8) is 0 Å². The van der Waals surface area contributed by atoms with Crippen LogP contribution in [0.25, 0.3) is 0 Å². The Kier molecular flexibility index (Phi) is 5.98. The molecule has 2 aliphatic heterocycles. The number of carboxylic acid groups (broad SMARTS) is 1.